The van der Waals surface area contributed by atoms with Gasteiger partial charge in [0.15, 0.2) is 0 Å². The van der Waals surface area contributed by atoms with Crippen molar-refractivity contribution in [2.45, 2.75) is 76.5 Å². The molecule has 12 heteroatoms. The predicted molar refractivity (Wildman–Crippen MR) is 149 cm³/mol. The molecule has 0 heterocycles. The van der Waals surface area contributed by atoms with Crippen LogP contribution in [-0.2, 0) is 25.6 Å². The number of unbranched alkanes of at least 4 members (excludes halogenated alkanes) is 1. The summed E-state index contributed by atoms with van der Waals surface area (Å²) in [4.78, 5) is 50.8. The molecule has 0 aromatic heterocycles. The fraction of sp³-hybridized carbons (Fsp3) is 0.615. The summed E-state index contributed by atoms with van der Waals surface area (Å²) >= 11 is 1.48. The number of amides is 3. The second-order valence-electron chi connectivity index (χ2n) is 9.69. The van der Waals surface area contributed by atoms with Gasteiger partial charge in [0.1, 0.15) is 23.9 Å². The smallest absolute Gasteiger partial charge is 0.326 e. The molecule has 0 bridgehead atoms. The molecule has 11 nitrogen and oxygen atoms in total. The highest BCUT2D eigenvalue weighted by Gasteiger charge is 2.30. The number of carbonyl (C=O) groups is 4. The molecule has 0 spiro atoms. The Bertz CT molecular complexity index is 899. The minimum absolute atomic E-state index is 0.00391. The van der Waals surface area contributed by atoms with Gasteiger partial charge in [0.05, 0.1) is 6.04 Å². The third-order valence-electron chi connectivity index (χ3n) is 5.88. The number of aliphatic carboxylic acids is 1. The lowest BCUT2D eigenvalue weighted by Gasteiger charge is -2.25. The molecule has 0 fully saturated rings. The molecule has 1 aromatic rings. The highest BCUT2D eigenvalue weighted by molar-refractivity contribution is 7.98. The minimum Gasteiger partial charge on any atom is -0.508 e. The lowest BCUT2D eigenvalue weighted by atomic mass is 10.0. The number of phenolic OH excluding ortho intramolecular Hbond substituents is 1. The molecule has 38 heavy (non-hydrogen) atoms. The van der Waals surface area contributed by atoms with Crippen LogP contribution in [0.2, 0.25) is 0 Å². The van der Waals surface area contributed by atoms with Crippen LogP contribution in [0.4, 0.5) is 0 Å². The van der Waals surface area contributed by atoms with Gasteiger partial charge >= 0.3 is 5.97 Å². The van der Waals surface area contributed by atoms with Crippen molar-refractivity contribution in [3.63, 3.8) is 0 Å². The number of thioether (sulfide) groups is 1. The van der Waals surface area contributed by atoms with Crippen LogP contribution in [0.25, 0.3) is 0 Å². The number of carboxylic acids is 1. The highest BCUT2D eigenvalue weighted by atomic mass is 32.2. The van der Waals surface area contributed by atoms with Crippen LogP contribution >= 0.6 is 11.8 Å². The number of nitrogens with one attached hydrogen (secondary N) is 3. The molecule has 1 aromatic carbocycles. The number of carboxylic acid groups (broad SMARTS) is 1. The molecule has 4 atom stereocenters. The molecule has 0 aliphatic rings. The number of carbonyl (C=O) groups excluding carboxylic acids is 3. The van der Waals surface area contributed by atoms with Gasteiger partial charge in [-0.3, -0.25) is 14.4 Å². The molecular formula is C26H43N5O6S. The third kappa shape index (κ3) is 12.6. The van der Waals surface area contributed by atoms with Gasteiger partial charge in [-0.15, -0.1) is 0 Å². The maximum atomic E-state index is 13.2. The number of nitrogens with two attached hydrogens (primary N) is 2. The fourth-order valence-electron chi connectivity index (χ4n) is 3.77. The van der Waals surface area contributed by atoms with Gasteiger partial charge in [-0.2, -0.15) is 11.8 Å². The number of hydrogen-bond acceptors (Lipinski definition) is 8. The summed E-state index contributed by atoms with van der Waals surface area (Å²) in [6.45, 7) is 4.32. The molecule has 3 amide bonds. The molecule has 0 radical (unpaired) electrons. The van der Waals surface area contributed by atoms with E-state index in [1.165, 1.54) is 23.9 Å². The van der Waals surface area contributed by atoms with E-state index in [1.54, 1.807) is 12.1 Å². The monoisotopic (exact) mass is 553 g/mol. The maximum Gasteiger partial charge on any atom is 0.326 e. The number of rotatable bonds is 18. The van der Waals surface area contributed by atoms with Crippen molar-refractivity contribution in [3.8, 4) is 5.75 Å². The Morgan fingerprint density at radius 3 is 1.97 bits per heavy atom. The first-order valence-corrected chi connectivity index (χ1v) is 14.2. The summed E-state index contributed by atoms with van der Waals surface area (Å²) in [7, 11) is 0. The predicted octanol–water partition coefficient (Wildman–Crippen LogP) is 0.729. The average molecular weight is 554 g/mol. The summed E-state index contributed by atoms with van der Waals surface area (Å²) in [5.74, 6) is -2.08. The van der Waals surface area contributed by atoms with E-state index in [1.807, 2.05) is 20.1 Å². The van der Waals surface area contributed by atoms with Crippen molar-refractivity contribution >= 4 is 35.5 Å². The van der Waals surface area contributed by atoms with E-state index in [2.05, 4.69) is 16.0 Å². The zero-order valence-electron chi connectivity index (χ0n) is 22.4. The summed E-state index contributed by atoms with van der Waals surface area (Å²) < 4.78 is 0. The maximum absolute atomic E-state index is 13.2. The molecule has 0 saturated carbocycles. The molecule has 0 aliphatic carbocycles. The van der Waals surface area contributed by atoms with Crippen LogP contribution in [0.1, 0.15) is 51.5 Å². The van der Waals surface area contributed by atoms with E-state index >= 15 is 0 Å². The number of phenols is 1. The third-order valence-corrected chi connectivity index (χ3v) is 6.52. The van der Waals surface area contributed by atoms with E-state index in [4.69, 9.17) is 11.5 Å². The first kappa shape index (κ1) is 33.2. The van der Waals surface area contributed by atoms with Crippen LogP contribution in [0.15, 0.2) is 24.3 Å². The number of aromatic hydroxyl groups is 1. The molecule has 9 N–H and O–H groups in total. The van der Waals surface area contributed by atoms with E-state index in [0.717, 1.165) is 0 Å². The van der Waals surface area contributed by atoms with Crippen molar-refractivity contribution < 1.29 is 29.4 Å². The Kier molecular flexibility index (Phi) is 15.4. The first-order chi connectivity index (χ1) is 18.0. The normalized spacial score (nSPS) is 14.3. The lowest BCUT2D eigenvalue weighted by Crippen LogP contribution is -2.57. The Labute approximate surface area is 228 Å². The van der Waals surface area contributed by atoms with E-state index < -0.39 is 47.9 Å². The van der Waals surface area contributed by atoms with E-state index in [0.29, 0.717) is 43.5 Å². The van der Waals surface area contributed by atoms with E-state index in [-0.39, 0.29) is 24.5 Å². The van der Waals surface area contributed by atoms with Gasteiger partial charge in [0, 0.05) is 6.42 Å². The molecule has 214 valence electrons. The van der Waals surface area contributed by atoms with Crippen molar-refractivity contribution in [2.24, 2.45) is 17.4 Å². The first-order valence-electron chi connectivity index (χ1n) is 12.8. The Hall–Kier alpha value is -2.83. The van der Waals surface area contributed by atoms with Crippen molar-refractivity contribution in [3.05, 3.63) is 29.8 Å². The van der Waals surface area contributed by atoms with Gasteiger partial charge in [0.25, 0.3) is 0 Å². The van der Waals surface area contributed by atoms with Crippen LogP contribution in [0.3, 0.4) is 0 Å². The summed E-state index contributed by atoms with van der Waals surface area (Å²) in [5, 5.41) is 27.1. The fourth-order valence-corrected chi connectivity index (χ4v) is 4.24. The molecule has 0 aliphatic heterocycles. The quantitative estimate of drug-likeness (QED) is 0.128. The summed E-state index contributed by atoms with van der Waals surface area (Å²) in [5.41, 5.74) is 12.2. The van der Waals surface area contributed by atoms with Gasteiger partial charge in [-0.05, 0) is 74.3 Å². The van der Waals surface area contributed by atoms with Crippen LogP contribution < -0.4 is 27.4 Å². The van der Waals surface area contributed by atoms with Crippen LogP contribution in [-0.4, -0.2) is 76.6 Å². The van der Waals surface area contributed by atoms with Gasteiger partial charge < -0.3 is 37.6 Å². The van der Waals surface area contributed by atoms with Crippen molar-refractivity contribution in [1.29, 1.82) is 0 Å². The van der Waals surface area contributed by atoms with E-state index in [9.17, 15) is 29.4 Å². The number of hydrogen-bond donors (Lipinski definition) is 7. The largest absolute Gasteiger partial charge is 0.508 e. The van der Waals surface area contributed by atoms with Gasteiger partial charge in [-0.1, -0.05) is 26.0 Å². The molecular weight excluding hydrogens is 510 g/mol. The van der Waals surface area contributed by atoms with Crippen molar-refractivity contribution in [2.75, 3.05) is 18.6 Å². The van der Waals surface area contributed by atoms with Gasteiger partial charge in [0.2, 0.25) is 17.7 Å². The zero-order valence-corrected chi connectivity index (χ0v) is 23.3. The Morgan fingerprint density at radius 1 is 0.895 bits per heavy atom. The molecule has 0 saturated heterocycles. The second-order valence-corrected chi connectivity index (χ2v) is 10.7. The molecule has 4 unspecified atom stereocenters. The SMILES string of the molecule is CSCCC(NC(=O)C(CCCCN)NC(=O)C(N)CC(C)C)C(=O)NC(Cc1ccc(O)cc1)C(=O)O. The average Bonchev–Trinajstić information content (AvgIpc) is 2.86. The van der Waals surface area contributed by atoms with Gasteiger partial charge in [-0.25, -0.2) is 4.79 Å². The van der Waals surface area contributed by atoms with Crippen LogP contribution in [0, 0.1) is 5.92 Å². The Morgan fingerprint density at radius 2 is 1.45 bits per heavy atom. The molecule has 1 rings (SSSR count). The Balaban J connectivity index is 2.99. The highest BCUT2D eigenvalue weighted by Crippen LogP contribution is 2.12. The van der Waals surface area contributed by atoms with Crippen molar-refractivity contribution in [1.82, 2.24) is 16.0 Å². The zero-order chi connectivity index (χ0) is 28.7. The lowest BCUT2D eigenvalue weighted by molar-refractivity contribution is -0.142. The number of benzene rings is 1. The standard InChI is InChI=1S/C26H43N5O6S/c1-16(2)14-19(28)23(33)29-20(6-4-5-12-27)24(34)30-21(11-13-38-3)25(35)31-22(26(36)37)15-17-7-9-18(32)10-8-17/h7-10,16,19-22,32H,4-6,11-15,27-28H2,1-3H3,(H,29,33)(H,30,34)(H,31,35)(H,36,37). The topological polar surface area (TPSA) is 197 Å². The summed E-state index contributed by atoms with van der Waals surface area (Å²) in [6.07, 6.45) is 4.14. The van der Waals surface area contributed by atoms with Crippen LogP contribution in [0.5, 0.6) is 5.75 Å². The second kappa shape index (κ2) is 17.6. The minimum atomic E-state index is -1.24. The summed E-state index contributed by atoms with van der Waals surface area (Å²) in [6, 6.07) is 2.08.